The summed E-state index contributed by atoms with van der Waals surface area (Å²) in [7, 11) is 0. The van der Waals surface area contributed by atoms with Crippen LogP contribution in [0.25, 0.3) is 0 Å². The lowest BCUT2D eigenvalue weighted by Gasteiger charge is -2.18. The molecule has 102 valence electrons. The topological polar surface area (TPSA) is 53.1 Å². The molecule has 1 aliphatic carbocycles. The van der Waals surface area contributed by atoms with Gasteiger partial charge in [0.15, 0.2) is 0 Å². The van der Waals surface area contributed by atoms with E-state index in [0.717, 1.165) is 24.9 Å². The molecule has 1 saturated heterocycles. The molecule has 1 saturated carbocycles. The number of likely N-dealkylation sites (tertiary alicyclic amines) is 1. The summed E-state index contributed by atoms with van der Waals surface area (Å²) in [6.07, 6.45) is 4.02. The third kappa shape index (κ3) is 2.37. The number of nitrogens with one attached hydrogen (secondary N) is 1. The van der Waals surface area contributed by atoms with E-state index in [-0.39, 0.29) is 17.2 Å². The highest BCUT2D eigenvalue weighted by Crippen LogP contribution is 2.38. The Morgan fingerprint density at radius 2 is 2.00 bits per heavy atom. The molecule has 2 fully saturated rings. The molecule has 2 atom stereocenters. The number of fused-ring (bicyclic) bond motifs is 1. The molecule has 1 aromatic carbocycles. The Morgan fingerprint density at radius 1 is 1.32 bits per heavy atom. The summed E-state index contributed by atoms with van der Waals surface area (Å²) >= 11 is 0. The van der Waals surface area contributed by atoms with Crippen molar-refractivity contribution in [2.45, 2.75) is 25.8 Å². The van der Waals surface area contributed by atoms with E-state index in [1.54, 1.807) is 18.2 Å². The Morgan fingerprint density at radius 3 is 2.63 bits per heavy atom. The van der Waals surface area contributed by atoms with Crippen LogP contribution in [-0.2, 0) is 6.54 Å². The van der Waals surface area contributed by atoms with Crippen molar-refractivity contribution in [3.63, 3.8) is 0 Å². The van der Waals surface area contributed by atoms with E-state index in [2.05, 4.69) is 4.90 Å². The first kappa shape index (κ1) is 12.6. The lowest BCUT2D eigenvalue weighted by Crippen LogP contribution is -2.23. The zero-order valence-corrected chi connectivity index (χ0v) is 11.0. The molecular weight excluding hydrogens is 241 g/mol. The van der Waals surface area contributed by atoms with Gasteiger partial charge in [0, 0.05) is 25.2 Å². The van der Waals surface area contributed by atoms with E-state index in [1.807, 2.05) is 0 Å². The molecule has 0 amide bonds. The molecule has 2 aliphatic rings. The maximum Gasteiger partial charge on any atom is 0.138 e. The average molecular weight is 261 g/mol. The third-order valence-electron chi connectivity index (χ3n) is 4.56. The lowest BCUT2D eigenvalue weighted by atomic mass is 10.0. The predicted octanol–water partition coefficient (Wildman–Crippen LogP) is 2.34. The van der Waals surface area contributed by atoms with Crippen LogP contribution in [0.2, 0.25) is 0 Å². The average Bonchev–Trinajstić information content (AvgIpc) is 2.92. The van der Waals surface area contributed by atoms with Crippen LogP contribution in [0.5, 0.6) is 0 Å². The Balaban J connectivity index is 1.74. The molecule has 2 unspecified atom stereocenters. The quantitative estimate of drug-likeness (QED) is 0.648. The van der Waals surface area contributed by atoms with Crippen LogP contribution in [0.15, 0.2) is 18.2 Å². The van der Waals surface area contributed by atoms with Crippen molar-refractivity contribution >= 4 is 5.84 Å². The molecule has 3 rings (SSSR count). The van der Waals surface area contributed by atoms with Crippen molar-refractivity contribution in [1.82, 2.24) is 4.90 Å². The van der Waals surface area contributed by atoms with Gasteiger partial charge in [0.2, 0.25) is 0 Å². The predicted molar refractivity (Wildman–Crippen MR) is 73.5 cm³/mol. The molecule has 4 heteroatoms. The second-order valence-corrected chi connectivity index (χ2v) is 5.84. The number of benzene rings is 1. The molecule has 19 heavy (non-hydrogen) atoms. The fraction of sp³-hybridized carbons (Fsp3) is 0.533. The highest BCUT2D eigenvalue weighted by molar-refractivity contribution is 5.95. The normalized spacial score (nSPS) is 26.6. The van der Waals surface area contributed by atoms with Gasteiger partial charge in [-0.05, 0) is 30.7 Å². The summed E-state index contributed by atoms with van der Waals surface area (Å²) in [4.78, 5) is 2.34. The summed E-state index contributed by atoms with van der Waals surface area (Å²) in [5, 5.41) is 7.38. The lowest BCUT2D eigenvalue weighted by molar-refractivity contribution is 0.298. The maximum absolute atomic E-state index is 14.2. The SMILES string of the molecule is N=C(N)c1cccc(CN2CC3CCCC3C2)c1F. The zero-order valence-electron chi connectivity index (χ0n) is 11.0. The number of halogens is 1. The van der Waals surface area contributed by atoms with E-state index >= 15 is 0 Å². The van der Waals surface area contributed by atoms with Crippen LogP contribution in [0, 0.1) is 23.1 Å². The van der Waals surface area contributed by atoms with Gasteiger partial charge < -0.3 is 5.73 Å². The molecule has 1 aliphatic heterocycles. The van der Waals surface area contributed by atoms with Crippen LogP contribution >= 0.6 is 0 Å². The van der Waals surface area contributed by atoms with E-state index in [9.17, 15) is 4.39 Å². The second kappa shape index (κ2) is 4.93. The van der Waals surface area contributed by atoms with E-state index in [0.29, 0.717) is 12.1 Å². The van der Waals surface area contributed by atoms with E-state index in [4.69, 9.17) is 11.1 Å². The molecule has 0 aromatic heterocycles. The Hall–Kier alpha value is -1.42. The van der Waals surface area contributed by atoms with E-state index in [1.165, 1.54) is 19.3 Å². The minimum absolute atomic E-state index is 0.197. The van der Waals surface area contributed by atoms with Crippen LogP contribution in [0.3, 0.4) is 0 Å². The standard InChI is InChI=1S/C15H20FN3/c16-14-12(5-2-6-13(14)15(17)18)9-19-7-10-3-1-4-11(10)8-19/h2,5-6,10-11H,1,3-4,7-9H2,(H3,17,18). The highest BCUT2D eigenvalue weighted by Gasteiger charge is 2.36. The summed E-state index contributed by atoms with van der Waals surface area (Å²) in [6.45, 7) is 2.82. The van der Waals surface area contributed by atoms with Crippen molar-refractivity contribution < 1.29 is 4.39 Å². The molecular formula is C15H20FN3. The van der Waals surface area contributed by atoms with Gasteiger partial charge >= 0.3 is 0 Å². The summed E-state index contributed by atoms with van der Waals surface area (Å²) in [6, 6.07) is 5.15. The van der Waals surface area contributed by atoms with Crippen LogP contribution in [0.1, 0.15) is 30.4 Å². The third-order valence-corrected chi connectivity index (χ3v) is 4.56. The number of nitrogens with zero attached hydrogens (tertiary/aromatic N) is 1. The number of hydrogen-bond donors (Lipinski definition) is 2. The van der Waals surface area contributed by atoms with Crippen LogP contribution < -0.4 is 5.73 Å². The monoisotopic (exact) mass is 261 g/mol. The molecule has 0 spiro atoms. The Kier molecular flexibility index (Phi) is 3.27. The van der Waals surface area contributed by atoms with Crippen molar-refractivity contribution in [3.05, 3.63) is 35.1 Å². The Labute approximate surface area is 113 Å². The number of amidine groups is 1. The molecule has 3 nitrogen and oxygen atoms in total. The van der Waals surface area contributed by atoms with Crippen molar-refractivity contribution in [1.29, 1.82) is 5.41 Å². The summed E-state index contributed by atoms with van der Waals surface area (Å²) in [5.74, 6) is 1.11. The van der Waals surface area contributed by atoms with Gasteiger partial charge in [0.05, 0.1) is 5.56 Å². The largest absolute Gasteiger partial charge is 0.384 e. The van der Waals surface area contributed by atoms with Gasteiger partial charge in [-0.15, -0.1) is 0 Å². The molecule has 1 heterocycles. The number of hydrogen-bond acceptors (Lipinski definition) is 2. The van der Waals surface area contributed by atoms with Gasteiger partial charge in [-0.1, -0.05) is 18.6 Å². The Bertz CT molecular complexity index is 488. The molecule has 3 N–H and O–H groups in total. The highest BCUT2D eigenvalue weighted by atomic mass is 19.1. The first-order chi connectivity index (χ1) is 9.15. The first-order valence-corrected chi connectivity index (χ1v) is 6.99. The number of rotatable bonds is 3. The smallest absolute Gasteiger partial charge is 0.138 e. The second-order valence-electron chi connectivity index (χ2n) is 5.84. The fourth-order valence-electron chi connectivity index (χ4n) is 3.61. The number of nitrogens with two attached hydrogens (primary N) is 1. The van der Waals surface area contributed by atoms with Gasteiger partial charge in [-0.3, -0.25) is 10.3 Å². The fourth-order valence-corrected chi connectivity index (χ4v) is 3.61. The van der Waals surface area contributed by atoms with Crippen molar-refractivity contribution in [3.8, 4) is 0 Å². The number of nitrogen functional groups attached to an aromatic ring is 1. The van der Waals surface area contributed by atoms with Crippen LogP contribution in [-0.4, -0.2) is 23.8 Å². The summed E-state index contributed by atoms with van der Waals surface area (Å²) < 4.78 is 14.2. The van der Waals surface area contributed by atoms with Gasteiger partial charge in [0.1, 0.15) is 11.7 Å². The minimum atomic E-state index is -0.327. The minimum Gasteiger partial charge on any atom is -0.384 e. The van der Waals surface area contributed by atoms with Gasteiger partial charge in [-0.25, -0.2) is 4.39 Å². The van der Waals surface area contributed by atoms with Crippen molar-refractivity contribution in [2.24, 2.45) is 17.6 Å². The van der Waals surface area contributed by atoms with E-state index < -0.39 is 0 Å². The van der Waals surface area contributed by atoms with Gasteiger partial charge in [-0.2, -0.15) is 0 Å². The summed E-state index contributed by atoms with van der Waals surface area (Å²) in [5.41, 5.74) is 6.28. The zero-order chi connectivity index (χ0) is 13.4. The molecule has 0 radical (unpaired) electrons. The van der Waals surface area contributed by atoms with Crippen LogP contribution in [0.4, 0.5) is 4.39 Å². The first-order valence-electron chi connectivity index (χ1n) is 6.99. The molecule has 0 bridgehead atoms. The van der Waals surface area contributed by atoms with Gasteiger partial charge in [0.25, 0.3) is 0 Å². The maximum atomic E-state index is 14.2. The molecule has 1 aromatic rings. The van der Waals surface area contributed by atoms with Crippen molar-refractivity contribution in [2.75, 3.05) is 13.1 Å².